The van der Waals surface area contributed by atoms with E-state index in [1.165, 1.54) is 0 Å². The Morgan fingerprint density at radius 2 is 1.72 bits per heavy atom. The molecule has 4 rings (SSSR count). The predicted molar refractivity (Wildman–Crippen MR) is 171 cm³/mol. The fourth-order valence-electron chi connectivity index (χ4n) is 6.20. The van der Waals surface area contributed by atoms with Gasteiger partial charge in [-0.25, -0.2) is 9.28 Å². The number of morpholine rings is 1. The summed E-state index contributed by atoms with van der Waals surface area (Å²) in [6.07, 6.45) is 1.86. The number of amides is 4. The molecule has 3 fully saturated rings. The lowest BCUT2D eigenvalue weighted by molar-refractivity contribution is -0.738. The van der Waals surface area contributed by atoms with Gasteiger partial charge < -0.3 is 30.6 Å². The molecular formula is C33H51N6O7+. The predicted octanol–water partition coefficient (Wildman–Crippen LogP) is 0.838. The molecule has 3 heterocycles. The maximum absolute atomic E-state index is 14.5. The minimum absolute atomic E-state index is 0.0638. The van der Waals surface area contributed by atoms with Gasteiger partial charge in [0.15, 0.2) is 0 Å². The van der Waals surface area contributed by atoms with Crippen molar-refractivity contribution in [2.45, 2.75) is 77.1 Å². The average Bonchev–Trinajstić information content (AvgIpc) is 3.97. The zero-order chi connectivity index (χ0) is 33.3. The van der Waals surface area contributed by atoms with E-state index in [-0.39, 0.29) is 41.7 Å². The second kappa shape index (κ2) is 15.9. The fraction of sp³-hybridized carbons (Fsp3) is 0.667. The highest BCUT2D eigenvalue weighted by Gasteiger charge is 2.64. The summed E-state index contributed by atoms with van der Waals surface area (Å²) in [5.41, 5.74) is 0.632. The molecule has 3 aliphatic heterocycles. The number of rotatable bonds is 17. The van der Waals surface area contributed by atoms with E-state index in [1.807, 2.05) is 49.1 Å². The SMILES string of the molecule is CCCC(NC(=O)CNC(=O)CN1CCOCC1)C(=O)NC(Cc1ccccc1)C(=O)[N+]1(C(CC(C)C)C(=NO)C2(C)CO2)CC1. The van der Waals surface area contributed by atoms with Crippen LogP contribution in [0, 0.1) is 5.92 Å². The van der Waals surface area contributed by atoms with E-state index in [2.05, 4.69) is 35.0 Å². The molecule has 3 aliphatic rings. The maximum atomic E-state index is 14.5. The van der Waals surface area contributed by atoms with E-state index in [9.17, 15) is 24.4 Å². The van der Waals surface area contributed by atoms with E-state index >= 15 is 0 Å². The van der Waals surface area contributed by atoms with Crippen LogP contribution in [0.4, 0.5) is 0 Å². The number of hydrogen-bond acceptors (Lipinski definition) is 9. The van der Waals surface area contributed by atoms with E-state index in [0.717, 1.165) is 5.56 Å². The summed E-state index contributed by atoms with van der Waals surface area (Å²) in [7, 11) is 0. The van der Waals surface area contributed by atoms with Gasteiger partial charge in [-0.3, -0.25) is 19.3 Å². The van der Waals surface area contributed by atoms with Crippen molar-refractivity contribution in [2.75, 3.05) is 59.1 Å². The van der Waals surface area contributed by atoms with Crippen LogP contribution in [0.2, 0.25) is 0 Å². The molecule has 13 heteroatoms. The van der Waals surface area contributed by atoms with Gasteiger partial charge in [-0.05, 0) is 24.8 Å². The van der Waals surface area contributed by atoms with Gasteiger partial charge in [0.25, 0.3) is 0 Å². The second-order valence-corrected chi connectivity index (χ2v) is 13.3. The molecule has 0 aromatic heterocycles. The zero-order valence-electron chi connectivity index (χ0n) is 27.6. The van der Waals surface area contributed by atoms with Crippen LogP contribution in [0.1, 0.15) is 52.5 Å². The smallest absolute Gasteiger partial charge is 0.337 e. The molecule has 4 N–H and O–H groups in total. The molecule has 0 aliphatic carbocycles. The molecule has 46 heavy (non-hydrogen) atoms. The third-order valence-electron chi connectivity index (χ3n) is 9.02. The van der Waals surface area contributed by atoms with Crippen LogP contribution in [-0.4, -0.2) is 127 Å². The van der Waals surface area contributed by atoms with Gasteiger partial charge in [0.2, 0.25) is 17.7 Å². The Hall–Kier alpha value is -3.39. The van der Waals surface area contributed by atoms with Crippen LogP contribution in [-0.2, 0) is 35.1 Å². The number of benzene rings is 1. The molecule has 4 amide bonds. The van der Waals surface area contributed by atoms with E-state index < -0.39 is 35.5 Å². The fourth-order valence-corrected chi connectivity index (χ4v) is 6.20. The Kier molecular flexibility index (Phi) is 12.3. The summed E-state index contributed by atoms with van der Waals surface area (Å²) >= 11 is 0. The first-order valence-electron chi connectivity index (χ1n) is 16.5. The molecule has 0 saturated carbocycles. The molecule has 4 atom stereocenters. The first-order valence-corrected chi connectivity index (χ1v) is 16.5. The topological polar surface area (TPSA) is 162 Å². The largest absolute Gasteiger partial charge is 0.411 e. The Morgan fingerprint density at radius 3 is 2.28 bits per heavy atom. The van der Waals surface area contributed by atoms with Gasteiger partial charge in [0.1, 0.15) is 42.5 Å². The Morgan fingerprint density at radius 1 is 1.04 bits per heavy atom. The molecular weight excluding hydrogens is 592 g/mol. The van der Waals surface area contributed by atoms with Crippen molar-refractivity contribution < 1.29 is 38.3 Å². The number of nitrogens with zero attached hydrogens (tertiary/aromatic N) is 3. The van der Waals surface area contributed by atoms with Crippen LogP contribution < -0.4 is 16.0 Å². The average molecular weight is 644 g/mol. The second-order valence-electron chi connectivity index (χ2n) is 13.3. The van der Waals surface area contributed by atoms with E-state index in [1.54, 1.807) is 0 Å². The lowest BCUT2D eigenvalue weighted by Gasteiger charge is -2.33. The van der Waals surface area contributed by atoms with E-state index in [4.69, 9.17) is 9.47 Å². The molecule has 254 valence electrons. The third-order valence-corrected chi connectivity index (χ3v) is 9.02. The quantitative estimate of drug-likeness (QED) is 0.0639. The first kappa shape index (κ1) is 35.5. The lowest BCUT2D eigenvalue weighted by atomic mass is 9.90. The van der Waals surface area contributed by atoms with Gasteiger partial charge in [0, 0.05) is 25.9 Å². The van der Waals surface area contributed by atoms with Crippen molar-refractivity contribution in [3.63, 3.8) is 0 Å². The number of oxime groups is 1. The minimum atomic E-state index is -0.887. The number of carbonyl (C=O) groups excluding carboxylic acids is 4. The minimum Gasteiger partial charge on any atom is -0.411 e. The maximum Gasteiger partial charge on any atom is 0.337 e. The number of quaternary nitrogens is 1. The van der Waals surface area contributed by atoms with Crippen LogP contribution in [0.15, 0.2) is 35.5 Å². The molecule has 0 radical (unpaired) electrons. The molecule has 4 unspecified atom stereocenters. The van der Waals surface area contributed by atoms with Crippen molar-refractivity contribution in [1.29, 1.82) is 0 Å². The van der Waals surface area contributed by atoms with Gasteiger partial charge in [-0.15, -0.1) is 0 Å². The van der Waals surface area contributed by atoms with Crippen LogP contribution >= 0.6 is 0 Å². The molecule has 0 bridgehead atoms. The van der Waals surface area contributed by atoms with Crippen molar-refractivity contribution >= 4 is 29.3 Å². The molecule has 13 nitrogen and oxygen atoms in total. The number of epoxide rings is 1. The Labute approximate surface area is 271 Å². The van der Waals surface area contributed by atoms with Crippen LogP contribution in [0.5, 0.6) is 0 Å². The van der Waals surface area contributed by atoms with Gasteiger partial charge >= 0.3 is 5.91 Å². The molecule has 3 saturated heterocycles. The highest BCUT2D eigenvalue weighted by atomic mass is 16.6. The third kappa shape index (κ3) is 9.34. The van der Waals surface area contributed by atoms with Gasteiger partial charge in [-0.2, -0.15) is 0 Å². The normalized spacial score (nSPS) is 22.8. The first-order chi connectivity index (χ1) is 22.0. The van der Waals surface area contributed by atoms with Crippen molar-refractivity contribution in [3.05, 3.63) is 35.9 Å². The monoisotopic (exact) mass is 643 g/mol. The Balaban J connectivity index is 1.47. The molecule has 0 spiro atoms. The summed E-state index contributed by atoms with van der Waals surface area (Å²) in [6, 6.07) is 7.32. The Bertz CT molecular complexity index is 1240. The summed E-state index contributed by atoms with van der Waals surface area (Å²) in [5.74, 6) is -1.17. The highest BCUT2D eigenvalue weighted by Crippen LogP contribution is 2.40. The lowest BCUT2D eigenvalue weighted by Crippen LogP contribution is -2.60. The van der Waals surface area contributed by atoms with Crippen LogP contribution in [0.3, 0.4) is 0 Å². The van der Waals surface area contributed by atoms with Crippen molar-refractivity contribution in [2.24, 2.45) is 11.1 Å². The van der Waals surface area contributed by atoms with Crippen molar-refractivity contribution in [3.8, 4) is 0 Å². The summed E-state index contributed by atoms with van der Waals surface area (Å²) in [4.78, 5) is 55.5. The number of ether oxygens (including phenoxy) is 2. The number of hydrogen-bond donors (Lipinski definition) is 4. The standard InChI is InChI=1S/C33H50N6O7/c1-5-9-25(35-28(40)20-34-29(41)21-38-12-16-45-17-13-38)31(42)36-26(19-24-10-7-6-8-11-24)32(43)39(14-15-39)27(18-23(2)3)30(37-44)33(4)22-46-33/h6-8,10-11,23,25-27H,5,9,12-22H2,1-4H3,(H3-,34,35,36,40,41,42,44)/p+1. The summed E-state index contributed by atoms with van der Waals surface area (Å²) in [6.45, 7) is 11.8. The number of nitrogens with one attached hydrogen (secondary N) is 3. The zero-order valence-corrected chi connectivity index (χ0v) is 27.6. The van der Waals surface area contributed by atoms with E-state index in [0.29, 0.717) is 71.0 Å². The number of carbonyl (C=O) groups is 4. The summed E-state index contributed by atoms with van der Waals surface area (Å²) in [5, 5.41) is 22.1. The van der Waals surface area contributed by atoms with Gasteiger partial charge in [-0.1, -0.05) is 62.7 Å². The highest BCUT2D eigenvalue weighted by molar-refractivity contribution is 5.99. The summed E-state index contributed by atoms with van der Waals surface area (Å²) < 4.78 is 11.0. The van der Waals surface area contributed by atoms with Crippen LogP contribution in [0.25, 0.3) is 0 Å². The van der Waals surface area contributed by atoms with Gasteiger partial charge in [0.05, 0.1) is 32.9 Å². The van der Waals surface area contributed by atoms with Crippen molar-refractivity contribution in [1.82, 2.24) is 20.9 Å². The molecule has 1 aromatic carbocycles. The molecule has 1 aromatic rings.